The normalized spacial score (nSPS) is 19.2. The van der Waals surface area contributed by atoms with Crippen molar-refractivity contribution in [3.05, 3.63) is 64.0 Å². The maximum Gasteiger partial charge on any atom is 0.270 e. The molecule has 3 aromatic rings. The van der Waals surface area contributed by atoms with E-state index in [-0.39, 0.29) is 17.3 Å². The number of benzene rings is 2. The topological polar surface area (TPSA) is 90.1 Å². The first kappa shape index (κ1) is 19.0. The fourth-order valence-electron chi connectivity index (χ4n) is 3.96. The highest BCUT2D eigenvalue weighted by Crippen LogP contribution is 2.36. The van der Waals surface area contributed by atoms with Crippen molar-refractivity contribution < 1.29 is 14.1 Å². The number of carbonyl (C=O) groups is 1. The monoisotopic (exact) mass is 396 g/mol. The summed E-state index contributed by atoms with van der Waals surface area (Å²) in [5, 5.41) is 13.8. The minimum absolute atomic E-state index is 0.155. The van der Waals surface area contributed by atoms with Crippen molar-refractivity contribution in [1.82, 2.24) is 9.55 Å². The minimum atomic E-state index is -0.544. The van der Waals surface area contributed by atoms with Crippen LogP contribution in [0.3, 0.4) is 0 Å². The molecule has 1 aliphatic rings. The Morgan fingerprint density at radius 2 is 1.97 bits per heavy atom. The number of anilines is 1. The zero-order valence-electron chi connectivity index (χ0n) is 16.0. The van der Waals surface area contributed by atoms with Gasteiger partial charge in [-0.25, -0.2) is 9.37 Å². The van der Waals surface area contributed by atoms with E-state index in [2.05, 4.69) is 17.2 Å². The van der Waals surface area contributed by atoms with Gasteiger partial charge in [-0.3, -0.25) is 20.2 Å². The number of imidazole rings is 1. The van der Waals surface area contributed by atoms with Crippen LogP contribution >= 0.6 is 0 Å². The lowest BCUT2D eigenvalue weighted by Gasteiger charge is -2.28. The van der Waals surface area contributed by atoms with E-state index in [1.165, 1.54) is 36.4 Å². The Kier molecular flexibility index (Phi) is 5.00. The number of hydrogen-bond donors (Lipinski definition) is 1. The van der Waals surface area contributed by atoms with Gasteiger partial charge in [-0.05, 0) is 49.8 Å². The number of non-ortho nitro benzene ring substituents is 1. The number of aromatic nitrogens is 2. The van der Waals surface area contributed by atoms with Crippen LogP contribution in [0.1, 0.15) is 49.0 Å². The van der Waals surface area contributed by atoms with Gasteiger partial charge in [0.2, 0.25) is 5.95 Å². The van der Waals surface area contributed by atoms with Crippen molar-refractivity contribution in [3.63, 3.8) is 0 Å². The average molecular weight is 396 g/mol. The molecule has 150 valence electrons. The third-order valence-corrected chi connectivity index (χ3v) is 5.55. The number of halogens is 1. The van der Waals surface area contributed by atoms with E-state index in [9.17, 15) is 19.3 Å². The van der Waals surface area contributed by atoms with E-state index in [4.69, 9.17) is 0 Å². The van der Waals surface area contributed by atoms with Crippen LogP contribution in [0.5, 0.6) is 0 Å². The minimum Gasteiger partial charge on any atom is -0.307 e. The number of nitrogens with zero attached hydrogens (tertiary/aromatic N) is 3. The molecule has 1 aromatic heterocycles. The zero-order chi connectivity index (χ0) is 20.5. The summed E-state index contributed by atoms with van der Waals surface area (Å²) in [6, 6.07) is 10.1. The summed E-state index contributed by atoms with van der Waals surface area (Å²) in [6.45, 7) is 2.22. The highest BCUT2D eigenvalue weighted by atomic mass is 19.1. The lowest BCUT2D eigenvalue weighted by Crippen LogP contribution is -2.21. The first-order valence-corrected chi connectivity index (χ1v) is 9.65. The second-order valence-electron chi connectivity index (χ2n) is 7.61. The van der Waals surface area contributed by atoms with E-state index < -0.39 is 16.6 Å². The number of rotatable bonds is 4. The van der Waals surface area contributed by atoms with Crippen LogP contribution in [-0.4, -0.2) is 20.4 Å². The molecule has 0 unspecified atom stereocenters. The lowest BCUT2D eigenvalue weighted by molar-refractivity contribution is -0.384. The average Bonchev–Trinajstić information content (AvgIpc) is 3.05. The molecular weight excluding hydrogens is 375 g/mol. The van der Waals surface area contributed by atoms with Crippen LogP contribution < -0.4 is 5.32 Å². The number of nitro benzene ring substituents is 1. The van der Waals surface area contributed by atoms with Gasteiger partial charge in [-0.15, -0.1) is 0 Å². The Hall–Kier alpha value is -3.29. The summed E-state index contributed by atoms with van der Waals surface area (Å²) in [6.07, 6.45) is 4.04. The predicted octanol–water partition coefficient (Wildman–Crippen LogP) is 5.09. The predicted molar refractivity (Wildman–Crippen MR) is 107 cm³/mol. The fourth-order valence-corrected chi connectivity index (χ4v) is 3.96. The third-order valence-electron chi connectivity index (χ3n) is 5.55. The van der Waals surface area contributed by atoms with Gasteiger partial charge < -0.3 is 4.57 Å². The van der Waals surface area contributed by atoms with Crippen molar-refractivity contribution >= 4 is 28.6 Å². The quantitative estimate of drug-likeness (QED) is 0.491. The first-order chi connectivity index (χ1) is 13.9. The molecule has 29 heavy (non-hydrogen) atoms. The van der Waals surface area contributed by atoms with Gasteiger partial charge in [0, 0.05) is 29.8 Å². The Morgan fingerprint density at radius 1 is 1.21 bits per heavy atom. The van der Waals surface area contributed by atoms with Gasteiger partial charge in [0.15, 0.2) is 0 Å². The third kappa shape index (κ3) is 3.83. The molecule has 0 radical (unpaired) electrons. The summed E-state index contributed by atoms with van der Waals surface area (Å²) >= 11 is 0. The molecule has 1 amide bonds. The van der Waals surface area contributed by atoms with Gasteiger partial charge in [0.05, 0.1) is 16.0 Å². The van der Waals surface area contributed by atoms with Gasteiger partial charge >= 0.3 is 0 Å². The van der Waals surface area contributed by atoms with Gasteiger partial charge in [0.25, 0.3) is 11.6 Å². The Bertz CT molecular complexity index is 1090. The van der Waals surface area contributed by atoms with Crippen LogP contribution in [-0.2, 0) is 0 Å². The Morgan fingerprint density at radius 3 is 2.69 bits per heavy atom. The highest BCUT2D eigenvalue weighted by Gasteiger charge is 2.25. The number of fused-ring (bicyclic) bond motifs is 1. The molecule has 1 heterocycles. The van der Waals surface area contributed by atoms with Gasteiger partial charge in [0.1, 0.15) is 5.82 Å². The van der Waals surface area contributed by atoms with Crippen molar-refractivity contribution in [2.24, 2.45) is 5.92 Å². The SMILES string of the molecule is CC1CCC(n2c(NC(=O)c3cccc([N+](=O)[O-])c3)nc3cc(F)ccc32)CC1. The van der Waals surface area contributed by atoms with Crippen LogP contribution in [0.25, 0.3) is 11.0 Å². The number of hydrogen-bond acceptors (Lipinski definition) is 4. The second-order valence-corrected chi connectivity index (χ2v) is 7.61. The molecule has 0 aliphatic heterocycles. The Balaban J connectivity index is 1.71. The van der Waals surface area contributed by atoms with Crippen molar-refractivity contribution in [3.8, 4) is 0 Å². The first-order valence-electron chi connectivity index (χ1n) is 9.65. The molecule has 1 aliphatic carbocycles. The molecule has 7 nitrogen and oxygen atoms in total. The van der Waals surface area contributed by atoms with Crippen LogP contribution in [0, 0.1) is 21.8 Å². The fraction of sp³-hybridized carbons (Fsp3) is 0.333. The van der Waals surface area contributed by atoms with Crippen LogP contribution in [0.4, 0.5) is 16.0 Å². The number of carbonyl (C=O) groups excluding carboxylic acids is 1. The summed E-state index contributed by atoms with van der Waals surface area (Å²) < 4.78 is 15.7. The number of nitrogens with one attached hydrogen (secondary N) is 1. The van der Waals surface area contributed by atoms with Crippen LogP contribution in [0.2, 0.25) is 0 Å². The molecule has 4 rings (SSSR count). The van der Waals surface area contributed by atoms with Gasteiger partial charge in [-0.1, -0.05) is 13.0 Å². The van der Waals surface area contributed by atoms with Crippen molar-refractivity contribution in [2.75, 3.05) is 5.32 Å². The van der Waals surface area contributed by atoms with Crippen molar-refractivity contribution in [2.45, 2.75) is 38.6 Å². The number of amides is 1. The standard InChI is InChI=1S/C21H21FN4O3/c1-13-5-8-16(9-6-13)25-19-10-7-15(22)12-18(19)23-21(25)24-20(27)14-3-2-4-17(11-14)26(28)29/h2-4,7,10-13,16H,5-6,8-9H2,1H3,(H,23,24,27). The summed E-state index contributed by atoms with van der Waals surface area (Å²) in [7, 11) is 0. The molecule has 1 N–H and O–H groups in total. The molecule has 8 heteroatoms. The smallest absolute Gasteiger partial charge is 0.270 e. The van der Waals surface area contributed by atoms with Crippen molar-refractivity contribution in [1.29, 1.82) is 0 Å². The van der Waals surface area contributed by atoms with E-state index >= 15 is 0 Å². The molecule has 1 fully saturated rings. The number of nitro groups is 1. The van der Waals surface area contributed by atoms with E-state index in [1.807, 2.05) is 4.57 Å². The molecule has 0 bridgehead atoms. The summed E-state index contributed by atoms with van der Waals surface area (Å²) in [5.41, 5.74) is 1.24. The summed E-state index contributed by atoms with van der Waals surface area (Å²) in [4.78, 5) is 27.7. The molecule has 2 aromatic carbocycles. The lowest BCUT2D eigenvalue weighted by atomic mass is 9.87. The van der Waals surface area contributed by atoms with Gasteiger partial charge in [-0.2, -0.15) is 0 Å². The largest absolute Gasteiger partial charge is 0.307 e. The highest BCUT2D eigenvalue weighted by molar-refractivity contribution is 6.04. The Labute approximate surface area is 166 Å². The van der Waals surface area contributed by atoms with E-state index in [0.717, 1.165) is 31.2 Å². The second kappa shape index (κ2) is 7.62. The maximum absolute atomic E-state index is 13.7. The van der Waals surface area contributed by atoms with E-state index in [1.54, 1.807) is 6.07 Å². The summed E-state index contributed by atoms with van der Waals surface area (Å²) in [5.74, 6) is 0.105. The zero-order valence-corrected chi connectivity index (χ0v) is 16.0. The van der Waals surface area contributed by atoms with Crippen LogP contribution in [0.15, 0.2) is 42.5 Å². The molecule has 0 saturated heterocycles. The molecule has 1 saturated carbocycles. The molecular formula is C21H21FN4O3. The molecule has 0 spiro atoms. The van der Waals surface area contributed by atoms with E-state index in [0.29, 0.717) is 17.4 Å². The molecule has 0 atom stereocenters. The maximum atomic E-state index is 13.7.